The summed E-state index contributed by atoms with van der Waals surface area (Å²) in [5, 5.41) is 2.72. The molecule has 5 heteroatoms. The maximum absolute atomic E-state index is 11.9. The average molecular weight is 298 g/mol. The highest BCUT2D eigenvalue weighted by Gasteiger charge is 2.28. The predicted molar refractivity (Wildman–Crippen MR) is 82.9 cm³/mol. The van der Waals surface area contributed by atoms with Crippen LogP contribution >= 0.6 is 0 Å². The van der Waals surface area contributed by atoms with Gasteiger partial charge in [0.25, 0.3) is 0 Å². The van der Waals surface area contributed by atoms with Gasteiger partial charge in [0.15, 0.2) is 0 Å². The van der Waals surface area contributed by atoms with Crippen LogP contribution in [0, 0.1) is 5.92 Å². The maximum Gasteiger partial charge on any atom is 0.329 e. The summed E-state index contributed by atoms with van der Waals surface area (Å²) >= 11 is 0. The lowest BCUT2D eigenvalue weighted by Gasteiger charge is -2.32. The molecule has 1 fully saturated rings. The van der Waals surface area contributed by atoms with E-state index in [0.29, 0.717) is 18.5 Å². The van der Waals surface area contributed by atoms with Crippen LogP contribution in [-0.4, -0.2) is 49.1 Å². The molecule has 0 aliphatic heterocycles. The van der Waals surface area contributed by atoms with Gasteiger partial charge in [-0.2, -0.15) is 0 Å². The molecule has 122 valence electrons. The smallest absolute Gasteiger partial charge is 0.329 e. The van der Waals surface area contributed by atoms with Crippen molar-refractivity contribution >= 4 is 11.9 Å². The van der Waals surface area contributed by atoms with E-state index in [9.17, 15) is 9.59 Å². The molecular formula is C16H30N2O3. The Morgan fingerprint density at radius 2 is 1.90 bits per heavy atom. The van der Waals surface area contributed by atoms with Gasteiger partial charge < -0.3 is 10.1 Å². The third kappa shape index (κ3) is 6.46. The first-order valence-electron chi connectivity index (χ1n) is 8.03. The molecule has 0 spiro atoms. The van der Waals surface area contributed by atoms with Crippen molar-refractivity contribution < 1.29 is 14.3 Å². The van der Waals surface area contributed by atoms with Gasteiger partial charge in [-0.05, 0) is 31.7 Å². The second kappa shape index (κ2) is 9.03. The number of hydrogen-bond donors (Lipinski definition) is 1. The van der Waals surface area contributed by atoms with Crippen LogP contribution in [0.25, 0.3) is 0 Å². The topological polar surface area (TPSA) is 58.6 Å². The first-order chi connectivity index (χ1) is 9.93. The van der Waals surface area contributed by atoms with E-state index >= 15 is 0 Å². The highest BCUT2D eigenvalue weighted by molar-refractivity contribution is 5.83. The highest BCUT2D eigenvalue weighted by atomic mass is 16.5. The van der Waals surface area contributed by atoms with Gasteiger partial charge in [0.2, 0.25) is 5.91 Å². The van der Waals surface area contributed by atoms with E-state index in [0.717, 1.165) is 13.0 Å². The second-order valence-corrected chi connectivity index (χ2v) is 6.39. The third-order valence-electron chi connectivity index (χ3n) is 4.12. The maximum atomic E-state index is 11.9. The van der Waals surface area contributed by atoms with Crippen molar-refractivity contribution in [2.45, 2.75) is 65.0 Å². The summed E-state index contributed by atoms with van der Waals surface area (Å²) in [4.78, 5) is 25.5. The van der Waals surface area contributed by atoms with Crippen molar-refractivity contribution in [1.82, 2.24) is 10.2 Å². The summed E-state index contributed by atoms with van der Waals surface area (Å²) in [5.41, 5.74) is 0. The standard InChI is InChI=1S/C16H30N2O3/c1-12(2)9-10-18(14-7-5-6-8-14)11-15(16(20)21-4)17-13(3)19/h12,14-15H,5-11H2,1-4H3,(H,17,19). The molecule has 1 aliphatic rings. The molecular weight excluding hydrogens is 268 g/mol. The lowest BCUT2D eigenvalue weighted by Crippen LogP contribution is -2.50. The van der Waals surface area contributed by atoms with Crippen LogP contribution in [0.4, 0.5) is 0 Å². The van der Waals surface area contributed by atoms with Crippen molar-refractivity contribution in [2.75, 3.05) is 20.2 Å². The Bertz CT molecular complexity index is 338. The van der Waals surface area contributed by atoms with Gasteiger partial charge in [-0.15, -0.1) is 0 Å². The first-order valence-corrected chi connectivity index (χ1v) is 8.03. The molecule has 1 unspecified atom stereocenters. The minimum absolute atomic E-state index is 0.194. The van der Waals surface area contributed by atoms with Gasteiger partial charge >= 0.3 is 5.97 Å². The van der Waals surface area contributed by atoms with Gasteiger partial charge in [0.1, 0.15) is 6.04 Å². The van der Waals surface area contributed by atoms with E-state index in [1.165, 1.54) is 39.7 Å². The van der Waals surface area contributed by atoms with Crippen molar-refractivity contribution in [3.63, 3.8) is 0 Å². The fourth-order valence-electron chi connectivity index (χ4n) is 2.92. The number of nitrogens with zero attached hydrogens (tertiary/aromatic N) is 1. The fraction of sp³-hybridized carbons (Fsp3) is 0.875. The van der Waals surface area contributed by atoms with Crippen LogP contribution in [0.5, 0.6) is 0 Å². The normalized spacial score (nSPS) is 17.2. The molecule has 0 heterocycles. The molecule has 1 atom stereocenters. The molecule has 1 saturated carbocycles. The van der Waals surface area contributed by atoms with E-state index in [1.807, 2.05) is 0 Å². The summed E-state index contributed by atoms with van der Waals surface area (Å²) in [6.07, 6.45) is 5.99. The Labute approximate surface area is 128 Å². The molecule has 0 aromatic rings. The van der Waals surface area contributed by atoms with Gasteiger partial charge in [0.05, 0.1) is 7.11 Å². The Hall–Kier alpha value is -1.10. The van der Waals surface area contributed by atoms with Crippen LogP contribution < -0.4 is 5.32 Å². The van der Waals surface area contributed by atoms with Crippen LogP contribution in [0.15, 0.2) is 0 Å². The molecule has 1 rings (SSSR count). The van der Waals surface area contributed by atoms with Gasteiger partial charge in [-0.3, -0.25) is 9.69 Å². The van der Waals surface area contributed by atoms with Crippen molar-refractivity contribution in [3.8, 4) is 0 Å². The minimum Gasteiger partial charge on any atom is -0.467 e. The molecule has 0 bridgehead atoms. The highest BCUT2D eigenvalue weighted by Crippen LogP contribution is 2.24. The number of hydrogen-bond acceptors (Lipinski definition) is 4. The molecule has 21 heavy (non-hydrogen) atoms. The Morgan fingerprint density at radius 3 is 2.38 bits per heavy atom. The van der Waals surface area contributed by atoms with Crippen LogP contribution in [0.1, 0.15) is 52.9 Å². The van der Waals surface area contributed by atoms with E-state index in [-0.39, 0.29) is 11.9 Å². The summed E-state index contributed by atoms with van der Waals surface area (Å²) in [6.45, 7) is 7.36. The van der Waals surface area contributed by atoms with E-state index < -0.39 is 6.04 Å². The zero-order valence-corrected chi connectivity index (χ0v) is 13.9. The minimum atomic E-state index is -0.569. The molecule has 1 N–H and O–H groups in total. The van der Waals surface area contributed by atoms with Crippen molar-refractivity contribution in [1.29, 1.82) is 0 Å². The quantitative estimate of drug-likeness (QED) is 0.696. The number of methoxy groups -OCH3 is 1. The van der Waals surface area contributed by atoms with Gasteiger partial charge in [-0.25, -0.2) is 4.79 Å². The fourth-order valence-corrected chi connectivity index (χ4v) is 2.92. The lowest BCUT2D eigenvalue weighted by molar-refractivity contribution is -0.145. The number of nitrogens with one attached hydrogen (secondary N) is 1. The number of ether oxygens (including phenoxy) is 1. The van der Waals surface area contributed by atoms with Crippen LogP contribution in [-0.2, 0) is 14.3 Å². The van der Waals surface area contributed by atoms with Crippen LogP contribution in [0.2, 0.25) is 0 Å². The van der Waals surface area contributed by atoms with Gasteiger partial charge in [-0.1, -0.05) is 26.7 Å². The zero-order valence-electron chi connectivity index (χ0n) is 13.9. The molecule has 5 nitrogen and oxygen atoms in total. The molecule has 1 aliphatic carbocycles. The molecule has 0 saturated heterocycles. The van der Waals surface area contributed by atoms with Crippen molar-refractivity contribution in [2.24, 2.45) is 5.92 Å². The second-order valence-electron chi connectivity index (χ2n) is 6.39. The first kappa shape index (κ1) is 18.0. The molecule has 0 aromatic carbocycles. The summed E-state index contributed by atoms with van der Waals surface area (Å²) < 4.78 is 4.82. The Morgan fingerprint density at radius 1 is 1.29 bits per heavy atom. The zero-order chi connectivity index (χ0) is 15.8. The monoisotopic (exact) mass is 298 g/mol. The van der Waals surface area contributed by atoms with Crippen molar-refractivity contribution in [3.05, 3.63) is 0 Å². The Balaban J connectivity index is 2.69. The number of esters is 1. The molecule has 0 radical (unpaired) electrons. The average Bonchev–Trinajstić information content (AvgIpc) is 2.94. The molecule has 1 amide bonds. The summed E-state index contributed by atoms with van der Waals surface area (Å²) in [5.74, 6) is 0.0737. The van der Waals surface area contributed by atoms with E-state index in [2.05, 4.69) is 24.1 Å². The predicted octanol–water partition coefficient (Wildman–Crippen LogP) is 1.95. The number of rotatable bonds is 8. The van der Waals surface area contributed by atoms with E-state index in [4.69, 9.17) is 4.74 Å². The summed E-state index contributed by atoms with van der Waals surface area (Å²) in [6, 6.07) is -0.0371. The summed E-state index contributed by atoms with van der Waals surface area (Å²) in [7, 11) is 1.37. The lowest BCUT2D eigenvalue weighted by atomic mass is 10.1. The number of amides is 1. The van der Waals surface area contributed by atoms with Gasteiger partial charge in [0, 0.05) is 19.5 Å². The Kier molecular flexibility index (Phi) is 7.72. The molecule has 0 aromatic heterocycles. The SMILES string of the molecule is COC(=O)C(CN(CCC(C)C)C1CCCC1)NC(C)=O. The van der Waals surface area contributed by atoms with E-state index in [1.54, 1.807) is 0 Å². The third-order valence-corrected chi connectivity index (χ3v) is 4.12. The largest absolute Gasteiger partial charge is 0.467 e. The van der Waals surface area contributed by atoms with Crippen LogP contribution in [0.3, 0.4) is 0 Å². The number of carbonyl (C=O) groups excluding carboxylic acids is 2. The number of carbonyl (C=O) groups is 2.